The number of carbonyl (C=O) groups excluding carboxylic acids is 1. The van der Waals surface area contributed by atoms with Crippen LogP contribution >= 0.6 is 11.8 Å². The van der Waals surface area contributed by atoms with E-state index in [1.54, 1.807) is 17.8 Å². The lowest BCUT2D eigenvalue weighted by molar-refractivity contribution is -0.119. The molecular weight excluding hydrogens is 263 g/mol. The average Bonchev–Trinajstić information content (AvgIpc) is 2.93. The lowest BCUT2D eigenvalue weighted by atomic mass is 10.1. The molecule has 1 aromatic rings. The Balaban J connectivity index is 2.10. The van der Waals surface area contributed by atoms with E-state index in [0.29, 0.717) is 5.69 Å². The molecule has 1 saturated heterocycles. The molecule has 2 rings (SSSR count). The van der Waals surface area contributed by atoms with Gasteiger partial charge in [0.1, 0.15) is 5.82 Å². The average molecular weight is 278 g/mol. The number of benzene rings is 1. The zero-order valence-corrected chi connectivity index (χ0v) is 11.2. The van der Waals surface area contributed by atoms with E-state index >= 15 is 0 Å². The largest absolute Gasteiger partial charge is 0.326 e. The number of rotatable bonds is 2. The normalized spacial score (nSPS) is 17.7. The van der Waals surface area contributed by atoms with E-state index in [1.807, 2.05) is 0 Å². The summed E-state index contributed by atoms with van der Waals surface area (Å²) < 4.78 is 13.5. The number of carbonyl (C=O) groups is 1. The van der Waals surface area contributed by atoms with Gasteiger partial charge in [0, 0.05) is 17.4 Å². The Morgan fingerprint density at radius 1 is 1.58 bits per heavy atom. The van der Waals surface area contributed by atoms with Gasteiger partial charge >= 0.3 is 0 Å². The lowest BCUT2D eigenvalue weighted by Crippen LogP contribution is -2.22. The molecule has 0 aliphatic carbocycles. The molecule has 0 saturated carbocycles. The van der Waals surface area contributed by atoms with Crippen molar-refractivity contribution < 1.29 is 9.18 Å². The summed E-state index contributed by atoms with van der Waals surface area (Å²) in [6, 6.07) is 4.39. The van der Waals surface area contributed by atoms with Crippen molar-refractivity contribution in [2.45, 2.75) is 6.42 Å². The van der Waals surface area contributed by atoms with E-state index in [-0.39, 0.29) is 23.9 Å². The minimum absolute atomic E-state index is 0.00524. The summed E-state index contributed by atoms with van der Waals surface area (Å²) in [5.74, 6) is 6.77. The molecule has 3 nitrogen and oxygen atoms in total. The fraction of sp³-hybridized carbons (Fsp3) is 0.357. The summed E-state index contributed by atoms with van der Waals surface area (Å²) in [6.07, 6.45) is 0.900. The molecule has 1 aromatic carbocycles. The molecule has 1 heterocycles. The monoisotopic (exact) mass is 278 g/mol. The Kier molecular flexibility index (Phi) is 4.83. The highest BCUT2D eigenvalue weighted by atomic mass is 32.2. The molecule has 1 aliphatic rings. The van der Waals surface area contributed by atoms with Crippen molar-refractivity contribution in [3.8, 4) is 11.8 Å². The summed E-state index contributed by atoms with van der Waals surface area (Å²) in [4.78, 5) is 12.0. The number of anilines is 1. The minimum atomic E-state index is -0.407. The van der Waals surface area contributed by atoms with Gasteiger partial charge in [-0.3, -0.25) is 4.79 Å². The Morgan fingerprint density at radius 3 is 3.11 bits per heavy atom. The molecule has 5 heteroatoms. The predicted molar refractivity (Wildman–Crippen MR) is 76.4 cm³/mol. The summed E-state index contributed by atoms with van der Waals surface area (Å²) >= 11 is 1.78. The quantitative estimate of drug-likeness (QED) is 0.811. The number of halogens is 1. The molecule has 1 amide bonds. The molecule has 3 N–H and O–H groups in total. The van der Waals surface area contributed by atoms with Crippen LogP contribution in [0.1, 0.15) is 12.0 Å². The van der Waals surface area contributed by atoms with Crippen molar-refractivity contribution in [1.29, 1.82) is 0 Å². The Hall–Kier alpha value is -1.51. The van der Waals surface area contributed by atoms with Gasteiger partial charge in [-0.1, -0.05) is 11.8 Å². The van der Waals surface area contributed by atoms with Gasteiger partial charge in [-0.05, 0) is 30.4 Å². The summed E-state index contributed by atoms with van der Waals surface area (Å²) in [5.41, 5.74) is 6.09. The second-order valence-electron chi connectivity index (χ2n) is 4.25. The van der Waals surface area contributed by atoms with Gasteiger partial charge in [0.15, 0.2) is 0 Å². The molecule has 1 atom stereocenters. The van der Waals surface area contributed by atoms with Gasteiger partial charge in [-0.2, -0.15) is 11.8 Å². The maximum Gasteiger partial charge on any atom is 0.228 e. The summed E-state index contributed by atoms with van der Waals surface area (Å²) in [7, 11) is 0. The molecule has 1 unspecified atom stereocenters. The van der Waals surface area contributed by atoms with E-state index < -0.39 is 5.82 Å². The van der Waals surface area contributed by atoms with E-state index in [0.717, 1.165) is 17.9 Å². The van der Waals surface area contributed by atoms with E-state index in [2.05, 4.69) is 17.2 Å². The third-order valence-electron chi connectivity index (χ3n) is 2.86. The third-order valence-corrected chi connectivity index (χ3v) is 4.02. The Bertz CT molecular complexity index is 530. The molecular formula is C14H15FN2OS. The van der Waals surface area contributed by atoms with Crippen molar-refractivity contribution in [3.05, 3.63) is 29.6 Å². The number of thioether (sulfide) groups is 1. The standard InChI is InChI=1S/C14H15FN2OS/c15-13-4-3-12(8-10(13)2-1-6-16)17-14(18)11-5-7-19-9-11/h3-4,8,11H,5-7,9,16H2,(H,17,18). The fourth-order valence-electron chi connectivity index (χ4n) is 1.83. The van der Waals surface area contributed by atoms with Gasteiger partial charge in [-0.15, -0.1) is 0 Å². The number of nitrogens with one attached hydrogen (secondary N) is 1. The molecule has 100 valence electrons. The molecule has 19 heavy (non-hydrogen) atoms. The molecule has 0 radical (unpaired) electrons. The highest BCUT2D eigenvalue weighted by molar-refractivity contribution is 7.99. The maximum absolute atomic E-state index is 13.5. The van der Waals surface area contributed by atoms with Crippen LogP contribution in [-0.2, 0) is 4.79 Å². The Morgan fingerprint density at radius 2 is 2.42 bits per heavy atom. The topological polar surface area (TPSA) is 55.1 Å². The zero-order chi connectivity index (χ0) is 13.7. The van der Waals surface area contributed by atoms with Crippen molar-refractivity contribution in [1.82, 2.24) is 0 Å². The number of hydrogen-bond acceptors (Lipinski definition) is 3. The second-order valence-corrected chi connectivity index (χ2v) is 5.40. The number of amides is 1. The van der Waals surface area contributed by atoms with Crippen LogP contribution in [0.15, 0.2) is 18.2 Å². The first-order valence-corrected chi connectivity index (χ1v) is 7.23. The number of hydrogen-bond donors (Lipinski definition) is 2. The highest BCUT2D eigenvalue weighted by Gasteiger charge is 2.23. The first-order chi connectivity index (χ1) is 9.20. The van der Waals surface area contributed by atoms with Crippen LogP contribution in [0.25, 0.3) is 0 Å². The summed E-state index contributed by atoms with van der Waals surface area (Å²) in [5, 5.41) is 2.81. The van der Waals surface area contributed by atoms with Gasteiger partial charge < -0.3 is 11.1 Å². The van der Waals surface area contributed by atoms with E-state index in [4.69, 9.17) is 5.73 Å². The molecule has 1 fully saturated rings. The first-order valence-electron chi connectivity index (χ1n) is 6.08. The summed E-state index contributed by atoms with van der Waals surface area (Å²) in [6.45, 7) is 0.176. The minimum Gasteiger partial charge on any atom is -0.326 e. The van der Waals surface area contributed by atoms with Crippen molar-refractivity contribution in [2.24, 2.45) is 11.7 Å². The SMILES string of the molecule is NCC#Cc1cc(NC(=O)C2CCSC2)ccc1F. The van der Waals surface area contributed by atoms with Crippen molar-refractivity contribution in [2.75, 3.05) is 23.4 Å². The van der Waals surface area contributed by atoms with Gasteiger partial charge in [0.2, 0.25) is 5.91 Å². The zero-order valence-electron chi connectivity index (χ0n) is 10.4. The van der Waals surface area contributed by atoms with E-state index in [9.17, 15) is 9.18 Å². The van der Waals surface area contributed by atoms with Crippen LogP contribution in [0.4, 0.5) is 10.1 Å². The van der Waals surface area contributed by atoms with Crippen LogP contribution in [-0.4, -0.2) is 24.0 Å². The van der Waals surface area contributed by atoms with Crippen LogP contribution in [0.5, 0.6) is 0 Å². The maximum atomic E-state index is 13.5. The van der Waals surface area contributed by atoms with Gasteiger partial charge in [-0.25, -0.2) is 4.39 Å². The first kappa shape index (κ1) is 13.9. The molecule has 0 aromatic heterocycles. The van der Waals surface area contributed by atoms with E-state index in [1.165, 1.54) is 12.1 Å². The van der Waals surface area contributed by atoms with Crippen molar-refractivity contribution in [3.63, 3.8) is 0 Å². The van der Waals surface area contributed by atoms with Crippen LogP contribution in [0, 0.1) is 23.6 Å². The predicted octanol–water partition coefficient (Wildman–Crippen LogP) is 1.83. The van der Waals surface area contributed by atoms with Crippen LogP contribution in [0.2, 0.25) is 0 Å². The highest BCUT2D eigenvalue weighted by Crippen LogP contribution is 2.25. The second kappa shape index (κ2) is 6.60. The molecule has 0 bridgehead atoms. The van der Waals surface area contributed by atoms with Crippen LogP contribution < -0.4 is 11.1 Å². The van der Waals surface area contributed by atoms with Gasteiger partial charge in [0.25, 0.3) is 0 Å². The molecule has 0 spiro atoms. The Labute approximate surface area is 116 Å². The van der Waals surface area contributed by atoms with Gasteiger partial charge in [0.05, 0.1) is 12.1 Å². The lowest BCUT2D eigenvalue weighted by Gasteiger charge is -2.10. The number of nitrogens with two attached hydrogens (primary N) is 1. The third kappa shape index (κ3) is 3.72. The van der Waals surface area contributed by atoms with Crippen molar-refractivity contribution >= 4 is 23.4 Å². The molecule has 1 aliphatic heterocycles. The smallest absolute Gasteiger partial charge is 0.228 e. The van der Waals surface area contributed by atoms with Crippen LogP contribution in [0.3, 0.4) is 0 Å². The fourth-order valence-corrected chi connectivity index (χ4v) is 3.05.